The molecule has 2 atom stereocenters. The number of halogens is 4. The molecule has 2 aromatic heterocycles. The summed E-state index contributed by atoms with van der Waals surface area (Å²) in [5.41, 5.74) is -0.115. The first-order valence-corrected chi connectivity index (χ1v) is 8.29. The van der Waals surface area contributed by atoms with E-state index in [0.717, 1.165) is 0 Å². The van der Waals surface area contributed by atoms with Crippen LogP contribution < -0.4 is 4.74 Å². The van der Waals surface area contributed by atoms with Crippen LogP contribution in [0.5, 0.6) is 5.88 Å². The summed E-state index contributed by atoms with van der Waals surface area (Å²) in [5, 5.41) is 12.9. The number of ether oxygens (including phenoxy) is 1. The number of rotatable bonds is 7. The highest BCUT2D eigenvalue weighted by molar-refractivity contribution is 6.32. The van der Waals surface area contributed by atoms with Gasteiger partial charge in [-0.05, 0) is 37.3 Å². The quantitative estimate of drug-likeness (QED) is 0.572. The molecule has 1 fully saturated rings. The molecule has 10 heteroatoms. The average molecular weight is 390 g/mol. The standard InChI is InChI=1S/C16H15ClF3N3O3/c17-14-10(15(24)25)3-4-12(21-14)23-6-5-13(22-23)26-7-1-2-9-8-11(9)16(18,19)20/h3-6,9,11H,1-2,7-8H2,(H,24,25). The molecule has 0 amide bonds. The molecule has 0 radical (unpaired) electrons. The molecule has 1 aliphatic carbocycles. The number of carboxylic acids is 1. The van der Waals surface area contributed by atoms with E-state index in [0.29, 0.717) is 24.5 Å². The van der Waals surface area contributed by atoms with Gasteiger partial charge in [0.15, 0.2) is 5.82 Å². The first-order valence-electron chi connectivity index (χ1n) is 7.91. The molecule has 0 bridgehead atoms. The third-order valence-corrected chi connectivity index (χ3v) is 4.46. The zero-order valence-corrected chi connectivity index (χ0v) is 14.2. The molecule has 0 spiro atoms. The Hall–Kier alpha value is -2.29. The van der Waals surface area contributed by atoms with Crippen LogP contribution in [0.1, 0.15) is 29.6 Å². The normalized spacial score (nSPS) is 19.4. The summed E-state index contributed by atoms with van der Waals surface area (Å²) in [6, 6.07) is 4.36. The number of hydrogen-bond acceptors (Lipinski definition) is 4. The summed E-state index contributed by atoms with van der Waals surface area (Å²) < 4.78 is 44.1. The Labute approximate surface area is 151 Å². The second-order valence-corrected chi connectivity index (χ2v) is 6.40. The van der Waals surface area contributed by atoms with Crippen LogP contribution in [0.4, 0.5) is 13.2 Å². The van der Waals surface area contributed by atoms with Crippen molar-refractivity contribution in [2.45, 2.75) is 25.4 Å². The maximum absolute atomic E-state index is 12.4. The smallest absolute Gasteiger partial charge is 0.392 e. The van der Waals surface area contributed by atoms with Crippen molar-refractivity contribution in [3.8, 4) is 11.7 Å². The fourth-order valence-electron chi connectivity index (χ4n) is 2.71. The van der Waals surface area contributed by atoms with E-state index in [1.807, 2.05) is 0 Å². The number of pyridine rings is 1. The largest absolute Gasteiger partial charge is 0.478 e. The molecule has 0 aromatic carbocycles. The van der Waals surface area contributed by atoms with Gasteiger partial charge in [-0.25, -0.2) is 14.5 Å². The average Bonchev–Trinajstić information content (AvgIpc) is 3.20. The molecule has 3 rings (SSSR count). The van der Waals surface area contributed by atoms with Gasteiger partial charge in [0.2, 0.25) is 5.88 Å². The SMILES string of the molecule is O=C(O)c1ccc(-n2ccc(OCCCC3CC3C(F)(F)F)n2)nc1Cl. The van der Waals surface area contributed by atoms with E-state index in [1.54, 1.807) is 12.3 Å². The number of carbonyl (C=O) groups is 1. The van der Waals surface area contributed by atoms with E-state index < -0.39 is 18.1 Å². The summed E-state index contributed by atoms with van der Waals surface area (Å²) in [6.07, 6.45) is -1.33. The third-order valence-electron chi connectivity index (χ3n) is 4.18. The fraction of sp³-hybridized carbons (Fsp3) is 0.438. The maximum atomic E-state index is 12.4. The molecule has 26 heavy (non-hydrogen) atoms. The summed E-state index contributed by atoms with van der Waals surface area (Å²) in [4.78, 5) is 14.9. The number of aromatic carboxylic acids is 1. The van der Waals surface area contributed by atoms with Gasteiger partial charge in [0.05, 0.1) is 18.1 Å². The van der Waals surface area contributed by atoms with Gasteiger partial charge in [-0.15, -0.1) is 5.10 Å². The van der Waals surface area contributed by atoms with E-state index in [1.165, 1.54) is 16.8 Å². The molecular formula is C16H15ClF3N3O3. The molecule has 2 heterocycles. The summed E-state index contributed by atoms with van der Waals surface area (Å²) in [6.45, 7) is 0.268. The Morgan fingerprint density at radius 3 is 2.77 bits per heavy atom. The highest BCUT2D eigenvalue weighted by Gasteiger charge is 2.54. The van der Waals surface area contributed by atoms with Crippen LogP contribution in [0.15, 0.2) is 24.4 Å². The van der Waals surface area contributed by atoms with Crippen LogP contribution >= 0.6 is 11.6 Å². The Balaban J connectivity index is 1.49. The van der Waals surface area contributed by atoms with Crippen molar-refractivity contribution in [2.75, 3.05) is 6.61 Å². The van der Waals surface area contributed by atoms with Gasteiger partial charge in [0, 0.05) is 12.3 Å². The predicted octanol–water partition coefficient (Wildman–Crippen LogP) is 3.98. The monoisotopic (exact) mass is 389 g/mol. The van der Waals surface area contributed by atoms with Crippen molar-refractivity contribution in [1.82, 2.24) is 14.8 Å². The summed E-state index contributed by atoms with van der Waals surface area (Å²) in [5.74, 6) is -2.02. The zero-order chi connectivity index (χ0) is 18.9. The van der Waals surface area contributed by atoms with Crippen LogP contribution in [0.2, 0.25) is 5.15 Å². The van der Waals surface area contributed by atoms with Crippen LogP contribution in [0, 0.1) is 11.8 Å². The van der Waals surface area contributed by atoms with Crippen molar-refractivity contribution in [3.63, 3.8) is 0 Å². The van der Waals surface area contributed by atoms with Gasteiger partial charge in [-0.1, -0.05) is 11.6 Å². The van der Waals surface area contributed by atoms with E-state index in [9.17, 15) is 18.0 Å². The fourth-order valence-corrected chi connectivity index (χ4v) is 2.94. The van der Waals surface area contributed by atoms with Crippen LogP contribution in [0.25, 0.3) is 5.82 Å². The van der Waals surface area contributed by atoms with Crippen molar-refractivity contribution < 1.29 is 27.8 Å². The Morgan fingerprint density at radius 2 is 2.15 bits per heavy atom. The predicted molar refractivity (Wildman–Crippen MR) is 85.7 cm³/mol. The maximum Gasteiger partial charge on any atom is 0.392 e. The lowest BCUT2D eigenvalue weighted by Gasteiger charge is -2.06. The lowest BCUT2D eigenvalue weighted by Crippen LogP contribution is -2.12. The molecule has 0 saturated heterocycles. The highest BCUT2D eigenvalue weighted by atomic mass is 35.5. The first kappa shape index (κ1) is 18.5. The first-order chi connectivity index (χ1) is 12.3. The van der Waals surface area contributed by atoms with Gasteiger partial charge in [0.25, 0.3) is 0 Å². The van der Waals surface area contributed by atoms with Crippen LogP contribution in [-0.4, -0.2) is 38.6 Å². The topological polar surface area (TPSA) is 77.2 Å². The Bertz CT molecular complexity index is 810. The molecular weight excluding hydrogens is 375 g/mol. The van der Waals surface area contributed by atoms with Crippen LogP contribution in [-0.2, 0) is 0 Å². The zero-order valence-electron chi connectivity index (χ0n) is 13.4. The molecule has 1 N–H and O–H groups in total. The number of alkyl halides is 3. The molecule has 6 nitrogen and oxygen atoms in total. The minimum Gasteiger partial charge on any atom is -0.478 e. The minimum absolute atomic E-state index is 0.115. The highest BCUT2D eigenvalue weighted by Crippen LogP contribution is 2.52. The molecule has 0 aliphatic heterocycles. The van der Waals surface area contributed by atoms with Crippen molar-refractivity contribution in [1.29, 1.82) is 0 Å². The molecule has 140 valence electrons. The van der Waals surface area contributed by atoms with E-state index in [4.69, 9.17) is 21.4 Å². The van der Waals surface area contributed by atoms with E-state index in [-0.39, 0.29) is 29.7 Å². The molecule has 1 saturated carbocycles. The van der Waals surface area contributed by atoms with Gasteiger partial charge >= 0.3 is 12.1 Å². The van der Waals surface area contributed by atoms with Crippen molar-refractivity contribution >= 4 is 17.6 Å². The second-order valence-electron chi connectivity index (χ2n) is 6.05. The van der Waals surface area contributed by atoms with Gasteiger partial charge in [0.1, 0.15) is 5.15 Å². The summed E-state index contributed by atoms with van der Waals surface area (Å²) >= 11 is 5.82. The summed E-state index contributed by atoms with van der Waals surface area (Å²) in [7, 11) is 0. The Morgan fingerprint density at radius 1 is 1.38 bits per heavy atom. The molecule has 2 unspecified atom stereocenters. The lowest BCUT2D eigenvalue weighted by molar-refractivity contribution is -0.151. The number of hydrogen-bond donors (Lipinski definition) is 1. The van der Waals surface area contributed by atoms with E-state index >= 15 is 0 Å². The van der Waals surface area contributed by atoms with Gasteiger partial charge in [-0.3, -0.25) is 0 Å². The number of nitrogens with zero attached hydrogens (tertiary/aromatic N) is 3. The number of carboxylic acid groups (broad SMARTS) is 1. The minimum atomic E-state index is -4.09. The van der Waals surface area contributed by atoms with Gasteiger partial charge < -0.3 is 9.84 Å². The molecule has 1 aliphatic rings. The third kappa shape index (κ3) is 4.27. The second kappa shape index (κ2) is 7.14. The molecule has 2 aromatic rings. The number of aromatic nitrogens is 3. The van der Waals surface area contributed by atoms with Gasteiger partial charge in [-0.2, -0.15) is 13.2 Å². The Kier molecular flexibility index (Phi) is 5.08. The van der Waals surface area contributed by atoms with Crippen molar-refractivity contribution in [3.05, 3.63) is 35.1 Å². The van der Waals surface area contributed by atoms with Crippen molar-refractivity contribution in [2.24, 2.45) is 11.8 Å². The van der Waals surface area contributed by atoms with E-state index in [2.05, 4.69) is 10.1 Å². The lowest BCUT2D eigenvalue weighted by atomic mass is 10.2. The van der Waals surface area contributed by atoms with Crippen LogP contribution in [0.3, 0.4) is 0 Å².